The number of para-hydroxylation sites is 1. The smallest absolute Gasteiger partial charge is 0.143 e. The molecule has 0 aliphatic heterocycles. The number of rotatable bonds is 7. The van der Waals surface area contributed by atoms with Gasteiger partial charge in [-0.05, 0) is 36.3 Å². The molecule has 1 fully saturated rings. The van der Waals surface area contributed by atoms with Gasteiger partial charge in [-0.25, -0.2) is 0 Å². The molecular formula is C20H29NO3. The van der Waals surface area contributed by atoms with Crippen LogP contribution in [0.25, 0.3) is 0 Å². The minimum absolute atomic E-state index is 0.0379. The van der Waals surface area contributed by atoms with Gasteiger partial charge in [0.05, 0.1) is 5.92 Å². The topological polar surface area (TPSA) is 57.6 Å². The fourth-order valence-corrected chi connectivity index (χ4v) is 3.56. The largest absolute Gasteiger partial charge is 0.376 e. The van der Waals surface area contributed by atoms with Crippen LogP contribution in [-0.2, 0) is 9.59 Å². The molecule has 1 aromatic rings. The molecule has 132 valence electrons. The van der Waals surface area contributed by atoms with Crippen LogP contribution in [0.1, 0.15) is 46.5 Å². The minimum atomic E-state index is -0.417. The van der Waals surface area contributed by atoms with E-state index in [0.717, 1.165) is 12.1 Å². The summed E-state index contributed by atoms with van der Waals surface area (Å²) in [5.41, 5.74) is 0.801. The molecule has 1 atom stereocenters. The highest BCUT2D eigenvalue weighted by Gasteiger charge is 2.39. The number of ketones is 2. The summed E-state index contributed by atoms with van der Waals surface area (Å²) < 4.78 is 0. The number of hydrogen-bond acceptors (Lipinski definition) is 4. The minimum Gasteiger partial charge on any atom is -0.376 e. The van der Waals surface area contributed by atoms with Gasteiger partial charge >= 0.3 is 0 Å². The lowest BCUT2D eigenvalue weighted by atomic mass is 9.70. The van der Waals surface area contributed by atoms with Crippen molar-refractivity contribution in [2.24, 2.45) is 17.3 Å². The maximum absolute atomic E-state index is 12.3. The number of hydrogen-bond donors (Lipinski definition) is 1. The van der Waals surface area contributed by atoms with Gasteiger partial charge in [-0.1, -0.05) is 39.0 Å². The molecule has 1 unspecified atom stereocenters. The molecule has 1 aromatic carbocycles. The predicted molar refractivity (Wildman–Crippen MR) is 95.8 cm³/mol. The molecule has 0 radical (unpaired) electrons. The number of nitrogens with zero attached hydrogens (tertiary/aromatic N) is 1. The van der Waals surface area contributed by atoms with E-state index in [1.807, 2.05) is 49.1 Å². The number of aliphatic hydroxyl groups excluding tert-OH is 1. The van der Waals surface area contributed by atoms with Crippen molar-refractivity contribution in [2.75, 3.05) is 18.2 Å². The molecule has 0 amide bonds. The van der Waals surface area contributed by atoms with Crippen molar-refractivity contribution in [1.29, 1.82) is 0 Å². The van der Waals surface area contributed by atoms with Gasteiger partial charge in [0, 0.05) is 25.1 Å². The van der Waals surface area contributed by atoms with Crippen LogP contribution in [0.4, 0.5) is 5.69 Å². The second-order valence-electron chi connectivity index (χ2n) is 7.88. The first-order chi connectivity index (χ1) is 11.3. The Hall–Kier alpha value is -1.68. The van der Waals surface area contributed by atoms with Crippen molar-refractivity contribution < 1.29 is 14.7 Å². The number of carbonyl (C=O) groups is 2. The Balaban J connectivity index is 1.87. The van der Waals surface area contributed by atoms with Gasteiger partial charge in [-0.3, -0.25) is 9.59 Å². The predicted octanol–water partition coefficient (Wildman–Crippen LogP) is 3.43. The highest BCUT2D eigenvalue weighted by atomic mass is 16.3. The summed E-state index contributed by atoms with van der Waals surface area (Å²) in [5.74, 6) is 0.0868. The van der Waals surface area contributed by atoms with Crippen LogP contribution in [0, 0.1) is 17.3 Å². The van der Waals surface area contributed by atoms with Crippen LogP contribution in [0.5, 0.6) is 0 Å². The number of Topliss-reactive ketones (excluding diaryl/α,β-unsaturated/α-hetero) is 2. The Morgan fingerprint density at radius 1 is 1.17 bits per heavy atom. The van der Waals surface area contributed by atoms with E-state index in [2.05, 4.69) is 6.92 Å². The van der Waals surface area contributed by atoms with Gasteiger partial charge in [0.1, 0.15) is 18.3 Å². The second-order valence-corrected chi connectivity index (χ2v) is 7.88. The monoisotopic (exact) mass is 331 g/mol. The zero-order valence-corrected chi connectivity index (χ0v) is 15.0. The molecule has 2 rings (SSSR count). The molecule has 0 heterocycles. The average molecular weight is 331 g/mol. The van der Waals surface area contributed by atoms with Gasteiger partial charge in [0.25, 0.3) is 0 Å². The zero-order chi connectivity index (χ0) is 17.7. The summed E-state index contributed by atoms with van der Waals surface area (Å²) in [6.45, 7) is 6.75. The number of anilines is 1. The van der Waals surface area contributed by atoms with Crippen LogP contribution in [0.2, 0.25) is 0 Å². The van der Waals surface area contributed by atoms with E-state index < -0.39 is 5.92 Å². The first-order valence-electron chi connectivity index (χ1n) is 8.78. The van der Waals surface area contributed by atoms with E-state index in [0.29, 0.717) is 31.7 Å². The molecule has 0 saturated heterocycles. The van der Waals surface area contributed by atoms with Crippen molar-refractivity contribution in [1.82, 2.24) is 0 Å². The van der Waals surface area contributed by atoms with Gasteiger partial charge in [-0.2, -0.15) is 0 Å². The molecule has 24 heavy (non-hydrogen) atoms. The van der Waals surface area contributed by atoms with Crippen LogP contribution in [-0.4, -0.2) is 29.9 Å². The molecule has 0 aromatic heterocycles. The molecule has 1 N–H and O–H groups in total. The molecule has 0 bridgehead atoms. The molecule has 0 spiro atoms. The molecule has 1 aliphatic rings. The maximum Gasteiger partial charge on any atom is 0.143 e. The Labute approximate surface area is 144 Å². The lowest BCUT2D eigenvalue weighted by molar-refractivity contribution is -0.139. The van der Waals surface area contributed by atoms with Crippen LogP contribution in [0.3, 0.4) is 0 Å². The highest BCUT2D eigenvalue weighted by Crippen LogP contribution is 2.35. The van der Waals surface area contributed by atoms with E-state index in [1.54, 1.807) is 0 Å². The third kappa shape index (κ3) is 4.91. The van der Waals surface area contributed by atoms with Crippen molar-refractivity contribution in [3.05, 3.63) is 30.3 Å². The Morgan fingerprint density at radius 3 is 2.29 bits per heavy atom. The Morgan fingerprint density at radius 2 is 1.75 bits per heavy atom. The summed E-state index contributed by atoms with van der Waals surface area (Å²) >= 11 is 0. The summed E-state index contributed by atoms with van der Waals surface area (Å²) in [5, 5.41) is 9.60. The summed E-state index contributed by atoms with van der Waals surface area (Å²) in [7, 11) is 0. The zero-order valence-electron chi connectivity index (χ0n) is 15.0. The molecule has 4 nitrogen and oxygen atoms in total. The summed E-state index contributed by atoms with van der Waals surface area (Å²) in [6.07, 6.45) is 2.45. The van der Waals surface area contributed by atoms with Gasteiger partial charge < -0.3 is 10.0 Å². The fraction of sp³-hybridized carbons (Fsp3) is 0.600. The SMILES string of the molecule is CC(CCC1C(=O)CC(C)(C)CC1=O)CN(CO)c1ccccc1. The fourth-order valence-electron chi connectivity index (χ4n) is 3.56. The van der Waals surface area contributed by atoms with Crippen LogP contribution in [0.15, 0.2) is 30.3 Å². The van der Waals surface area contributed by atoms with Crippen molar-refractivity contribution >= 4 is 17.3 Å². The van der Waals surface area contributed by atoms with E-state index in [1.165, 1.54) is 0 Å². The second kappa shape index (κ2) is 7.93. The Kier molecular flexibility index (Phi) is 6.16. The van der Waals surface area contributed by atoms with Crippen LogP contribution < -0.4 is 4.90 Å². The van der Waals surface area contributed by atoms with Crippen LogP contribution >= 0.6 is 0 Å². The first kappa shape index (κ1) is 18.7. The number of aliphatic hydroxyl groups is 1. The van der Waals surface area contributed by atoms with Crippen molar-refractivity contribution in [3.8, 4) is 0 Å². The highest BCUT2D eigenvalue weighted by molar-refractivity contribution is 6.05. The normalized spacial score (nSPS) is 19.3. The third-order valence-corrected chi connectivity index (χ3v) is 4.86. The van der Waals surface area contributed by atoms with Gasteiger partial charge in [0.2, 0.25) is 0 Å². The van der Waals surface area contributed by atoms with E-state index in [9.17, 15) is 14.7 Å². The van der Waals surface area contributed by atoms with Crippen molar-refractivity contribution in [3.63, 3.8) is 0 Å². The maximum atomic E-state index is 12.3. The molecular weight excluding hydrogens is 302 g/mol. The first-order valence-corrected chi connectivity index (χ1v) is 8.78. The standard InChI is InChI=1S/C20H29NO3/c1-15(13-21(14-22)16-7-5-4-6-8-16)9-10-17-18(23)11-20(2,3)12-19(17)24/h4-8,15,17,22H,9-14H2,1-3H3. The lowest BCUT2D eigenvalue weighted by Crippen LogP contribution is -2.38. The molecule has 1 aliphatic carbocycles. The average Bonchev–Trinajstić information content (AvgIpc) is 2.51. The van der Waals surface area contributed by atoms with E-state index >= 15 is 0 Å². The summed E-state index contributed by atoms with van der Waals surface area (Å²) in [4.78, 5) is 26.4. The molecule has 4 heteroatoms. The third-order valence-electron chi connectivity index (χ3n) is 4.86. The number of benzene rings is 1. The Bertz CT molecular complexity index is 548. The quantitative estimate of drug-likeness (QED) is 0.614. The number of carbonyl (C=O) groups excluding carboxylic acids is 2. The van der Waals surface area contributed by atoms with Gasteiger partial charge in [0.15, 0.2) is 0 Å². The lowest BCUT2D eigenvalue weighted by Gasteiger charge is -2.32. The van der Waals surface area contributed by atoms with Crippen molar-refractivity contribution in [2.45, 2.75) is 46.5 Å². The summed E-state index contributed by atoms with van der Waals surface area (Å²) in [6, 6.07) is 9.79. The van der Waals surface area contributed by atoms with Gasteiger partial charge in [-0.15, -0.1) is 0 Å². The van der Waals surface area contributed by atoms with E-state index in [4.69, 9.17) is 0 Å². The molecule has 1 saturated carbocycles. The van der Waals surface area contributed by atoms with E-state index in [-0.39, 0.29) is 23.7 Å².